The number of amides is 1. The summed E-state index contributed by atoms with van der Waals surface area (Å²) in [6.45, 7) is 1.82. The monoisotopic (exact) mass is 320 g/mol. The Balaban J connectivity index is 1.89. The van der Waals surface area contributed by atoms with Gasteiger partial charge in [-0.15, -0.1) is 0 Å². The zero-order valence-electron chi connectivity index (χ0n) is 13.2. The van der Waals surface area contributed by atoms with Crippen molar-refractivity contribution in [2.24, 2.45) is 0 Å². The fraction of sp³-hybridized carbons (Fsp3) is 0.211. The van der Waals surface area contributed by atoms with Crippen LogP contribution in [-0.2, 0) is 11.2 Å². The van der Waals surface area contributed by atoms with Gasteiger partial charge in [-0.1, -0.05) is 12.1 Å². The number of Topliss-reactive ketones (excluding diaryl/α,β-unsaturated/α-hetero) is 1. The van der Waals surface area contributed by atoms with E-state index in [4.69, 9.17) is 10.00 Å². The third kappa shape index (κ3) is 3.28. The van der Waals surface area contributed by atoms with Crippen molar-refractivity contribution in [2.75, 3.05) is 5.32 Å². The maximum absolute atomic E-state index is 12.6. The molecular formula is C19H16N2O3. The molecule has 1 aliphatic rings. The third-order valence-electron chi connectivity index (χ3n) is 3.83. The van der Waals surface area contributed by atoms with Gasteiger partial charge in [0.15, 0.2) is 0 Å². The molecule has 3 rings (SSSR count). The van der Waals surface area contributed by atoms with Gasteiger partial charge in [0.05, 0.1) is 17.2 Å². The highest BCUT2D eigenvalue weighted by Crippen LogP contribution is 2.30. The van der Waals surface area contributed by atoms with Crippen LogP contribution >= 0.6 is 0 Å². The van der Waals surface area contributed by atoms with Crippen LogP contribution in [0.3, 0.4) is 0 Å². The number of nitrogens with zero attached hydrogens (tertiary/aromatic N) is 1. The van der Waals surface area contributed by atoms with Crippen LogP contribution in [-0.4, -0.2) is 17.8 Å². The molecule has 1 N–H and O–H groups in total. The van der Waals surface area contributed by atoms with Gasteiger partial charge in [-0.25, -0.2) is 0 Å². The van der Waals surface area contributed by atoms with E-state index in [1.165, 1.54) is 0 Å². The second kappa shape index (κ2) is 6.55. The summed E-state index contributed by atoms with van der Waals surface area (Å²) in [6, 6.07) is 13.9. The van der Waals surface area contributed by atoms with Crippen LogP contribution in [0.1, 0.15) is 34.8 Å². The highest BCUT2D eigenvalue weighted by Gasteiger charge is 2.24. The number of fused-ring (bicyclic) bond motifs is 1. The lowest BCUT2D eigenvalue weighted by Crippen LogP contribution is -2.17. The molecule has 1 aliphatic heterocycles. The summed E-state index contributed by atoms with van der Waals surface area (Å²) in [5, 5.41) is 11.6. The molecule has 1 amide bonds. The highest BCUT2D eigenvalue weighted by molar-refractivity contribution is 6.06. The van der Waals surface area contributed by atoms with Crippen LogP contribution in [0.25, 0.3) is 0 Å². The first-order valence-electron chi connectivity index (χ1n) is 7.68. The average molecular weight is 320 g/mol. The van der Waals surface area contributed by atoms with Crippen molar-refractivity contribution in [2.45, 2.75) is 25.9 Å². The van der Waals surface area contributed by atoms with Gasteiger partial charge in [0.25, 0.3) is 5.91 Å². The molecule has 1 unspecified atom stereocenters. The quantitative estimate of drug-likeness (QED) is 0.922. The molecule has 0 spiro atoms. The van der Waals surface area contributed by atoms with Crippen molar-refractivity contribution in [1.29, 1.82) is 5.26 Å². The number of rotatable bonds is 2. The zero-order chi connectivity index (χ0) is 17.1. The number of carbonyl (C=O) groups is 2. The molecule has 0 aliphatic carbocycles. The lowest BCUT2D eigenvalue weighted by atomic mass is 10.0. The van der Waals surface area contributed by atoms with E-state index in [9.17, 15) is 9.59 Å². The van der Waals surface area contributed by atoms with E-state index in [0.29, 0.717) is 29.0 Å². The van der Waals surface area contributed by atoms with Crippen LogP contribution in [0.15, 0.2) is 42.5 Å². The molecule has 5 nitrogen and oxygen atoms in total. The van der Waals surface area contributed by atoms with Crippen LogP contribution in [0, 0.1) is 11.3 Å². The number of benzene rings is 2. The number of hydrogen-bond donors (Lipinski definition) is 1. The fourth-order valence-corrected chi connectivity index (χ4v) is 2.72. The third-order valence-corrected chi connectivity index (χ3v) is 3.83. The van der Waals surface area contributed by atoms with E-state index in [-0.39, 0.29) is 24.2 Å². The Bertz CT molecular complexity index is 835. The standard InChI is InChI=1S/C19H16N2O3/c1-12-9-16(22)10-14-3-2-4-17(18(14)24-12)19(23)21-15-7-5-13(11-20)6-8-15/h2-8,12H,9-10H2,1H3,(H,21,23). The van der Waals surface area contributed by atoms with E-state index in [2.05, 4.69) is 5.32 Å². The molecule has 0 fully saturated rings. The first kappa shape index (κ1) is 15.8. The van der Waals surface area contributed by atoms with Gasteiger partial charge in [0, 0.05) is 24.1 Å². The van der Waals surface area contributed by atoms with Gasteiger partial charge in [0.2, 0.25) is 0 Å². The number of hydrogen-bond acceptors (Lipinski definition) is 4. The number of nitrogens with one attached hydrogen (secondary N) is 1. The van der Waals surface area contributed by atoms with E-state index in [1.807, 2.05) is 19.1 Å². The molecule has 0 saturated heterocycles. The summed E-state index contributed by atoms with van der Waals surface area (Å²) >= 11 is 0. The van der Waals surface area contributed by atoms with E-state index in [0.717, 1.165) is 5.56 Å². The number of ketones is 1. The SMILES string of the molecule is CC1CC(=O)Cc2cccc(C(=O)Nc3ccc(C#N)cc3)c2O1. The van der Waals surface area contributed by atoms with Crippen molar-refractivity contribution in [3.63, 3.8) is 0 Å². The van der Waals surface area contributed by atoms with Crippen molar-refractivity contribution >= 4 is 17.4 Å². The minimum Gasteiger partial charge on any atom is -0.489 e. The molecule has 24 heavy (non-hydrogen) atoms. The second-order valence-electron chi connectivity index (χ2n) is 5.79. The molecule has 5 heteroatoms. The Morgan fingerprint density at radius 1 is 1.25 bits per heavy atom. The van der Waals surface area contributed by atoms with Crippen LogP contribution in [0.4, 0.5) is 5.69 Å². The molecule has 0 bridgehead atoms. The lowest BCUT2D eigenvalue weighted by Gasteiger charge is -2.16. The summed E-state index contributed by atoms with van der Waals surface area (Å²) in [6.07, 6.45) is 0.353. The van der Waals surface area contributed by atoms with Gasteiger partial charge in [0.1, 0.15) is 17.6 Å². The normalized spacial score (nSPS) is 16.3. The molecule has 1 atom stereocenters. The Kier molecular flexibility index (Phi) is 4.30. The summed E-state index contributed by atoms with van der Waals surface area (Å²) in [4.78, 5) is 24.5. The summed E-state index contributed by atoms with van der Waals surface area (Å²) < 4.78 is 5.83. The molecule has 2 aromatic carbocycles. The highest BCUT2D eigenvalue weighted by atomic mass is 16.5. The van der Waals surface area contributed by atoms with Crippen molar-refractivity contribution in [3.05, 3.63) is 59.2 Å². The zero-order valence-corrected chi connectivity index (χ0v) is 13.2. The molecule has 1 heterocycles. The molecule has 0 aromatic heterocycles. The molecule has 2 aromatic rings. The van der Waals surface area contributed by atoms with Crippen molar-refractivity contribution in [1.82, 2.24) is 0 Å². The molecule has 0 saturated carbocycles. The van der Waals surface area contributed by atoms with Crippen LogP contribution in [0.5, 0.6) is 5.75 Å². The second-order valence-corrected chi connectivity index (χ2v) is 5.79. The van der Waals surface area contributed by atoms with Crippen molar-refractivity contribution in [3.8, 4) is 11.8 Å². The summed E-state index contributed by atoms with van der Waals surface area (Å²) in [5.74, 6) is 0.269. The topological polar surface area (TPSA) is 79.2 Å². The smallest absolute Gasteiger partial charge is 0.259 e. The van der Waals surface area contributed by atoms with Crippen LogP contribution in [0.2, 0.25) is 0 Å². The number of carbonyl (C=O) groups excluding carboxylic acids is 2. The minimum absolute atomic E-state index is 0.103. The predicted molar refractivity (Wildman–Crippen MR) is 89.0 cm³/mol. The fourth-order valence-electron chi connectivity index (χ4n) is 2.72. The number of ether oxygens (including phenoxy) is 1. The summed E-state index contributed by atoms with van der Waals surface area (Å²) in [5.41, 5.74) is 2.25. The first-order chi connectivity index (χ1) is 11.6. The molecule has 120 valence electrons. The van der Waals surface area contributed by atoms with E-state index in [1.54, 1.807) is 36.4 Å². The van der Waals surface area contributed by atoms with E-state index >= 15 is 0 Å². The van der Waals surface area contributed by atoms with Gasteiger partial charge in [-0.3, -0.25) is 9.59 Å². The van der Waals surface area contributed by atoms with Crippen LogP contribution < -0.4 is 10.1 Å². The number of nitriles is 1. The summed E-state index contributed by atoms with van der Waals surface area (Å²) in [7, 11) is 0. The Hall–Kier alpha value is -3.13. The Morgan fingerprint density at radius 3 is 2.71 bits per heavy atom. The molecule has 0 radical (unpaired) electrons. The van der Waals surface area contributed by atoms with Gasteiger partial charge in [-0.2, -0.15) is 5.26 Å². The maximum atomic E-state index is 12.6. The van der Waals surface area contributed by atoms with Gasteiger partial charge in [-0.05, 0) is 37.3 Å². The average Bonchev–Trinajstić information content (AvgIpc) is 2.71. The van der Waals surface area contributed by atoms with Gasteiger partial charge >= 0.3 is 0 Å². The number of anilines is 1. The Labute approximate surface area is 139 Å². The largest absolute Gasteiger partial charge is 0.489 e. The van der Waals surface area contributed by atoms with E-state index < -0.39 is 0 Å². The first-order valence-corrected chi connectivity index (χ1v) is 7.68. The number of para-hydroxylation sites is 1. The van der Waals surface area contributed by atoms with Crippen molar-refractivity contribution < 1.29 is 14.3 Å². The Morgan fingerprint density at radius 2 is 2.00 bits per heavy atom. The predicted octanol–water partition coefficient (Wildman–Crippen LogP) is 3.09. The maximum Gasteiger partial charge on any atom is 0.259 e. The van der Waals surface area contributed by atoms with Gasteiger partial charge < -0.3 is 10.1 Å². The minimum atomic E-state index is -0.307. The molecular weight excluding hydrogens is 304 g/mol. The lowest BCUT2D eigenvalue weighted by molar-refractivity contribution is -0.119.